The molecule has 5 nitrogen and oxygen atoms in total. The van der Waals surface area contributed by atoms with Crippen LogP contribution in [0.1, 0.15) is 17.2 Å². The topological polar surface area (TPSA) is 101 Å². The summed E-state index contributed by atoms with van der Waals surface area (Å²) in [7, 11) is 0. The van der Waals surface area contributed by atoms with E-state index in [1.807, 2.05) is 0 Å². The van der Waals surface area contributed by atoms with E-state index in [1.165, 1.54) is 12.1 Å². The number of Topliss-reactive ketones (excluding diaryl/α,β-unsaturated/α-hetero) is 1. The number of carboxylic acid groups (broad SMARTS) is 1. The predicted octanol–water partition coefficient (Wildman–Crippen LogP) is 0.737. The molecule has 4 N–H and O–H groups in total. The molecular formula is C11H12ClNO4. The number of alkyl halides is 1. The number of anilines is 1. The predicted molar refractivity (Wildman–Crippen MR) is 62.9 cm³/mol. The van der Waals surface area contributed by atoms with Crippen LogP contribution in [0.25, 0.3) is 0 Å². The standard InChI is InChI=1S/C11H12ClNO4/c12-5-9(14)3-6-1-7(4-8(13)2-6)10(15)11(16)17/h1-2,4,10,15H,3,5,13H2,(H,16,17). The number of rotatable bonds is 5. The number of carboxylic acids is 1. The van der Waals surface area contributed by atoms with Gasteiger partial charge in [-0.25, -0.2) is 4.79 Å². The second-order valence-corrected chi connectivity index (χ2v) is 3.87. The Hall–Kier alpha value is -1.59. The van der Waals surface area contributed by atoms with Crippen molar-refractivity contribution in [2.45, 2.75) is 12.5 Å². The molecule has 92 valence electrons. The molecule has 17 heavy (non-hydrogen) atoms. The number of carbonyl (C=O) groups excluding carboxylic acids is 1. The maximum Gasteiger partial charge on any atom is 0.337 e. The van der Waals surface area contributed by atoms with Crippen LogP contribution in [0.3, 0.4) is 0 Å². The molecule has 0 fully saturated rings. The first-order valence-electron chi connectivity index (χ1n) is 4.82. The fourth-order valence-electron chi connectivity index (χ4n) is 1.42. The SMILES string of the molecule is Nc1cc(CC(=O)CCl)cc(C(O)C(=O)O)c1. The molecule has 1 atom stereocenters. The molecule has 6 heteroatoms. The van der Waals surface area contributed by atoms with Crippen molar-refractivity contribution < 1.29 is 19.8 Å². The van der Waals surface area contributed by atoms with E-state index in [4.69, 9.17) is 22.4 Å². The van der Waals surface area contributed by atoms with Crippen LogP contribution in [0.2, 0.25) is 0 Å². The quantitative estimate of drug-likeness (QED) is 0.533. The van der Waals surface area contributed by atoms with Gasteiger partial charge in [0.25, 0.3) is 0 Å². The Morgan fingerprint density at radius 2 is 2.00 bits per heavy atom. The molecule has 0 aromatic heterocycles. The first-order chi connectivity index (χ1) is 7.93. The summed E-state index contributed by atoms with van der Waals surface area (Å²) in [6.45, 7) is 0. The molecule has 1 aromatic rings. The third-order valence-corrected chi connectivity index (χ3v) is 2.44. The average Bonchev–Trinajstić information content (AvgIpc) is 2.26. The van der Waals surface area contributed by atoms with E-state index in [0.717, 1.165) is 0 Å². The molecule has 0 aliphatic carbocycles. The molecule has 1 aromatic carbocycles. The first kappa shape index (κ1) is 13.5. The molecule has 0 aliphatic heterocycles. The lowest BCUT2D eigenvalue weighted by Crippen LogP contribution is -2.12. The Kier molecular flexibility index (Phi) is 4.48. The number of aliphatic carboxylic acids is 1. The third-order valence-electron chi connectivity index (χ3n) is 2.14. The number of aliphatic hydroxyl groups excluding tert-OH is 1. The number of aliphatic hydroxyl groups is 1. The Morgan fingerprint density at radius 3 is 2.53 bits per heavy atom. The van der Waals surface area contributed by atoms with Crippen LogP contribution in [0.15, 0.2) is 18.2 Å². The molecule has 1 rings (SSSR count). The Morgan fingerprint density at radius 1 is 1.35 bits per heavy atom. The van der Waals surface area contributed by atoms with Crippen LogP contribution in [0.5, 0.6) is 0 Å². The summed E-state index contributed by atoms with van der Waals surface area (Å²) in [5.74, 6) is -1.69. The van der Waals surface area contributed by atoms with E-state index in [-0.39, 0.29) is 23.6 Å². The minimum Gasteiger partial charge on any atom is -0.479 e. The molecular weight excluding hydrogens is 246 g/mol. The normalized spacial score (nSPS) is 12.1. The molecule has 0 bridgehead atoms. The highest BCUT2D eigenvalue weighted by atomic mass is 35.5. The van der Waals surface area contributed by atoms with E-state index >= 15 is 0 Å². The fourth-order valence-corrected chi connectivity index (χ4v) is 1.52. The molecule has 0 heterocycles. The Bertz CT molecular complexity index is 447. The zero-order valence-corrected chi connectivity index (χ0v) is 9.65. The van der Waals surface area contributed by atoms with E-state index < -0.39 is 12.1 Å². The van der Waals surface area contributed by atoms with Crippen molar-refractivity contribution in [2.24, 2.45) is 0 Å². The minimum atomic E-state index is -1.65. The van der Waals surface area contributed by atoms with E-state index in [0.29, 0.717) is 11.3 Å². The van der Waals surface area contributed by atoms with Gasteiger partial charge < -0.3 is 15.9 Å². The van der Waals surface area contributed by atoms with Gasteiger partial charge in [-0.2, -0.15) is 0 Å². The van der Waals surface area contributed by atoms with Crippen molar-refractivity contribution in [2.75, 3.05) is 11.6 Å². The van der Waals surface area contributed by atoms with Crippen LogP contribution < -0.4 is 5.73 Å². The minimum absolute atomic E-state index is 0.0634. The van der Waals surface area contributed by atoms with E-state index in [1.54, 1.807) is 6.07 Å². The van der Waals surface area contributed by atoms with Crippen molar-refractivity contribution in [3.63, 3.8) is 0 Å². The highest BCUT2D eigenvalue weighted by Crippen LogP contribution is 2.19. The highest BCUT2D eigenvalue weighted by molar-refractivity contribution is 6.27. The summed E-state index contributed by atoms with van der Waals surface area (Å²) in [5.41, 5.74) is 6.54. The largest absolute Gasteiger partial charge is 0.479 e. The van der Waals surface area contributed by atoms with Gasteiger partial charge in [0.1, 0.15) is 0 Å². The lowest BCUT2D eigenvalue weighted by atomic mass is 10.0. The molecule has 1 unspecified atom stereocenters. The van der Waals surface area contributed by atoms with Gasteiger partial charge in [-0.05, 0) is 23.3 Å². The Labute approximate surface area is 103 Å². The summed E-state index contributed by atoms with van der Waals surface area (Å²) >= 11 is 5.37. The number of carbonyl (C=O) groups is 2. The number of ketones is 1. The number of hydrogen-bond acceptors (Lipinski definition) is 4. The summed E-state index contributed by atoms with van der Waals surface area (Å²) in [5, 5.41) is 18.0. The van der Waals surface area contributed by atoms with E-state index in [2.05, 4.69) is 0 Å². The summed E-state index contributed by atoms with van der Waals surface area (Å²) in [6.07, 6.45) is -1.59. The zero-order chi connectivity index (χ0) is 13.0. The van der Waals surface area contributed by atoms with Crippen molar-refractivity contribution in [1.29, 1.82) is 0 Å². The van der Waals surface area contributed by atoms with Crippen LogP contribution in [0.4, 0.5) is 5.69 Å². The Balaban J connectivity index is 3.01. The van der Waals surface area contributed by atoms with Crippen molar-refractivity contribution >= 4 is 29.0 Å². The van der Waals surface area contributed by atoms with Crippen LogP contribution >= 0.6 is 11.6 Å². The molecule has 0 radical (unpaired) electrons. The van der Waals surface area contributed by atoms with Crippen LogP contribution in [-0.2, 0) is 16.0 Å². The number of nitrogen functional groups attached to an aromatic ring is 1. The number of halogens is 1. The van der Waals surface area contributed by atoms with Crippen LogP contribution in [-0.4, -0.2) is 27.8 Å². The second kappa shape index (κ2) is 5.65. The van der Waals surface area contributed by atoms with Gasteiger partial charge >= 0.3 is 5.97 Å². The van der Waals surface area contributed by atoms with Gasteiger partial charge in [-0.15, -0.1) is 11.6 Å². The monoisotopic (exact) mass is 257 g/mol. The summed E-state index contributed by atoms with van der Waals surface area (Å²) in [6, 6.07) is 4.33. The smallest absolute Gasteiger partial charge is 0.337 e. The van der Waals surface area contributed by atoms with Crippen molar-refractivity contribution in [3.05, 3.63) is 29.3 Å². The fraction of sp³-hybridized carbons (Fsp3) is 0.273. The van der Waals surface area contributed by atoms with Gasteiger partial charge in [-0.3, -0.25) is 4.79 Å². The maximum atomic E-state index is 11.2. The van der Waals surface area contributed by atoms with Crippen molar-refractivity contribution in [1.82, 2.24) is 0 Å². The zero-order valence-electron chi connectivity index (χ0n) is 8.89. The summed E-state index contributed by atoms with van der Waals surface area (Å²) in [4.78, 5) is 21.8. The van der Waals surface area contributed by atoms with Crippen molar-refractivity contribution in [3.8, 4) is 0 Å². The lowest BCUT2D eigenvalue weighted by Gasteiger charge is -2.09. The molecule has 0 saturated carbocycles. The van der Waals surface area contributed by atoms with Gasteiger partial charge in [0.2, 0.25) is 0 Å². The third kappa shape index (κ3) is 3.72. The number of hydrogen-bond donors (Lipinski definition) is 3. The van der Waals surface area contributed by atoms with E-state index in [9.17, 15) is 14.7 Å². The maximum absolute atomic E-state index is 11.2. The lowest BCUT2D eigenvalue weighted by molar-refractivity contribution is -0.146. The molecule has 0 spiro atoms. The average molecular weight is 258 g/mol. The van der Waals surface area contributed by atoms with Gasteiger partial charge in [-0.1, -0.05) is 6.07 Å². The van der Waals surface area contributed by atoms with Gasteiger partial charge in [0.05, 0.1) is 5.88 Å². The molecule has 0 saturated heterocycles. The highest BCUT2D eigenvalue weighted by Gasteiger charge is 2.17. The number of benzene rings is 1. The molecule has 0 amide bonds. The van der Waals surface area contributed by atoms with Gasteiger partial charge in [0, 0.05) is 12.1 Å². The van der Waals surface area contributed by atoms with Gasteiger partial charge in [0.15, 0.2) is 11.9 Å². The second-order valence-electron chi connectivity index (χ2n) is 3.60. The first-order valence-corrected chi connectivity index (χ1v) is 5.35. The number of nitrogens with two attached hydrogens (primary N) is 1. The summed E-state index contributed by atoms with van der Waals surface area (Å²) < 4.78 is 0. The van der Waals surface area contributed by atoms with Crippen LogP contribution in [0, 0.1) is 0 Å². The molecule has 0 aliphatic rings.